The van der Waals surface area contributed by atoms with Crippen molar-refractivity contribution in [3.8, 4) is 0 Å². The molecule has 0 saturated heterocycles. The number of hydrogen-bond acceptors (Lipinski definition) is 2. The predicted octanol–water partition coefficient (Wildman–Crippen LogP) is 4.08. The molecule has 2 rings (SSSR count). The number of nitrogens with one attached hydrogen (secondary N) is 1. The van der Waals surface area contributed by atoms with Crippen molar-refractivity contribution in [2.24, 2.45) is 0 Å². The molecule has 5 heteroatoms. The Morgan fingerprint density at radius 2 is 1.79 bits per heavy atom. The SMILES string of the molecule is CC(=O)N(C)Cc1ccccc1NC(=O)/C=C/c1ccccc1Br. The molecule has 2 amide bonds. The van der Waals surface area contributed by atoms with Crippen LogP contribution in [-0.4, -0.2) is 23.8 Å². The van der Waals surface area contributed by atoms with Gasteiger partial charge in [0.1, 0.15) is 0 Å². The average molecular weight is 387 g/mol. The van der Waals surface area contributed by atoms with Gasteiger partial charge in [-0.25, -0.2) is 0 Å². The van der Waals surface area contributed by atoms with Crippen molar-refractivity contribution < 1.29 is 9.59 Å². The Morgan fingerprint density at radius 1 is 1.12 bits per heavy atom. The second kappa shape index (κ2) is 8.45. The highest BCUT2D eigenvalue weighted by Gasteiger charge is 2.09. The van der Waals surface area contributed by atoms with Gasteiger partial charge in [-0.2, -0.15) is 0 Å². The molecule has 24 heavy (non-hydrogen) atoms. The van der Waals surface area contributed by atoms with Crippen LogP contribution in [0.25, 0.3) is 6.08 Å². The van der Waals surface area contributed by atoms with Gasteiger partial charge in [0, 0.05) is 36.8 Å². The molecule has 0 bridgehead atoms. The molecule has 0 aliphatic carbocycles. The first kappa shape index (κ1) is 17.9. The molecule has 0 aliphatic rings. The molecule has 124 valence electrons. The van der Waals surface area contributed by atoms with Crippen LogP contribution in [0.3, 0.4) is 0 Å². The maximum Gasteiger partial charge on any atom is 0.248 e. The molecule has 0 radical (unpaired) electrons. The molecule has 0 aromatic heterocycles. The van der Waals surface area contributed by atoms with Gasteiger partial charge in [0.25, 0.3) is 0 Å². The van der Waals surface area contributed by atoms with Gasteiger partial charge in [-0.15, -0.1) is 0 Å². The number of halogens is 1. The van der Waals surface area contributed by atoms with E-state index in [4.69, 9.17) is 0 Å². The van der Waals surface area contributed by atoms with E-state index in [2.05, 4.69) is 21.2 Å². The molecule has 0 saturated carbocycles. The van der Waals surface area contributed by atoms with Gasteiger partial charge in [-0.3, -0.25) is 9.59 Å². The molecule has 1 N–H and O–H groups in total. The minimum atomic E-state index is -0.219. The summed E-state index contributed by atoms with van der Waals surface area (Å²) >= 11 is 3.45. The fraction of sp³-hybridized carbons (Fsp3) is 0.158. The topological polar surface area (TPSA) is 49.4 Å². The number of hydrogen-bond donors (Lipinski definition) is 1. The van der Waals surface area contributed by atoms with Crippen LogP contribution in [0.1, 0.15) is 18.1 Å². The molecule has 0 atom stereocenters. The Labute approximate surface area is 150 Å². The number of carbonyl (C=O) groups is 2. The third kappa shape index (κ3) is 5.06. The Morgan fingerprint density at radius 3 is 2.50 bits per heavy atom. The predicted molar refractivity (Wildman–Crippen MR) is 100 cm³/mol. The van der Waals surface area contributed by atoms with Crippen molar-refractivity contribution in [1.82, 2.24) is 4.90 Å². The highest BCUT2D eigenvalue weighted by atomic mass is 79.9. The van der Waals surface area contributed by atoms with Crippen LogP contribution in [-0.2, 0) is 16.1 Å². The summed E-state index contributed by atoms with van der Waals surface area (Å²) in [5, 5.41) is 2.87. The number of rotatable bonds is 5. The maximum atomic E-state index is 12.2. The summed E-state index contributed by atoms with van der Waals surface area (Å²) in [5.41, 5.74) is 2.52. The maximum absolute atomic E-state index is 12.2. The van der Waals surface area contributed by atoms with E-state index >= 15 is 0 Å². The Balaban J connectivity index is 2.09. The quantitative estimate of drug-likeness (QED) is 0.786. The molecular formula is C19H19BrN2O2. The van der Waals surface area contributed by atoms with Crippen molar-refractivity contribution in [2.75, 3.05) is 12.4 Å². The summed E-state index contributed by atoms with van der Waals surface area (Å²) in [7, 11) is 1.73. The molecule has 0 fully saturated rings. The van der Waals surface area contributed by atoms with Crippen molar-refractivity contribution in [3.63, 3.8) is 0 Å². The second-order valence-corrected chi connectivity index (χ2v) is 6.23. The Hall–Kier alpha value is -2.40. The van der Waals surface area contributed by atoms with E-state index in [1.807, 2.05) is 48.5 Å². The lowest BCUT2D eigenvalue weighted by Gasteiger charge is -2.17. The lowest BCUT2D eigenvalue weighted by atomic mass is 10.1. The van der Waals surface area contributed by atoms with E-state index in [9.17, 15) is 9.59 Å². The number of benzene rings is 2. The normalized spacial score (nSPS) is 10.6. The third-order valence-corrected chi connectivity index (χ3v) is 4.26. The zero-order chi connectivity index (χ0) is 17.5. The lowest BCUT2D eigenvalue weighted by molar-refractivity contribution is -0.128. The van der Waals surface area contributed by atoms with Crippen LogP contribution >= 0.6 is 15.9 Å². The lowest BCUT2D eigenvalue weighted by Crippen LogP contribution is -2.24. The number of carbonyl (C=O) groups excluding carboxylic acids is 2. The zero-order valence-corrected chi connectivity index (χ0v) is 15.2. The number of nitrogens with zero attached hydrogens (tertiary/aromatic N) is 1. The van der Waals surface area contributed by atoms with Gasteiger partial charge in [-0.05, 0) is 29.3 Å². The molecule has 2 aromatic carbocycles. The molecule has 2 aromatic rings. The van der Waals surface area contributed by atoms with E-state index in [0.29, 0.717) is 12.2 Å². The van der Waals surface area contributed by atoms with Gasteiger partial charge in [0.15, 0.2) is 0 Å². The van der Waals surface area contributed by atoms with Gasteiger partial charge >= 0.3 is 0 Å². The van der Waals surface area contributed by atoms with E-state index in [-0.39, 0.29) is 11.8 Å². The number of anilines is 1. The van der Waals surface area contributed by atoms with Crippen molar-refractivity contribution in [2.45, 2.75) is 13.5 Å². The van der Waals surface area contributed by atoms with Gasteiger partial charge in [0.05, 0.1) is 0 Å². The fourth-order valence-corrected chi connectivity index (χ4v) is 2.51. The summed E-state index contributed by atoms with van der Waals surface area (Å²) < 4.78 is 0.928. The first-order chi connectivity index (χ1) is 11.5. The summed E-state index contributed by atoms with van der Waals surface area (Å²) in [6.45, 7) is 1.96. The Kier molecular flexibility index (Phi) is 6.32. The molecule has 0 aliphatic heterocycles. The van der Waals surface area contributed by atoms with E-state index in [0.717, 1.165) is 15.6 Å². The van der Waals surface area contributed by atoms with Crippen LogP contribution in [0.2, 0.25) is 0 Å². The number of para-hydroxylation sites is 1. The van der Waals surface area contributed by atoms with Crippen LogP contribution in [0.15, 0.2) is 59.1 Å². The first-order valence-electron chi connectivity index (χ1n) is 7.50. The van der Waals surface area contributed by atoms with Crippen LogP contribution < -0.4 is 5.32 Å². The molecule has 0 heterocycles. The highest BCUT2D eigenvalue weighted by Crippen LogP contribution is 2.19. The van der Waals surface area contributed by atoms with E-state index < -0.39 is 0 Å². The van der Waals surface area contributed by atoms with E-state index in [1.54, 1.807) is 18.0 Å². The molecule has 0 unspecified atom stereocenters. The minimum Gasteiger partial charge on any atom is -0.342 e. The molecule has 0 spiro atoms. The minimum absolute atomic E-state index is 0.0232. The summed E-state index contributed by atoms with van der Waals surface area (Å²) in [4.78, 5) is 25.2. The van der Waals surface area contributed by atoms with Crippen LogP contribution in [0, 0.1) is 0 Å². The zero-order valence-electron chi connectivity index (χ0n) is 13.6. The van der Waals surface area contributed by atoms with Crippen molar-refractivity contribution in [3.05, 3.63) is 70.2 Å². The van der Waals surface area contributed by atoms with Gasteiger partial charge < -0.3 is 10.2 Å². The summed E-state index contributed by atoms with van der Waals surface area (Å²) in [6.07, 6.45) is 3.25. The number of amides is 2. The standard InChI is InChI=1S/C19H19BrN2O2/c1-14(23)22(2)13-16-8-4-6-10-18(16)21-19(24)12-11-15-7-3-5-9-17(15)20/h3-12H,13H2,1-2H3,(H,21,24)/b12-11+. The fourth-order valence-electron chi connectivity index (χ4n) is 2.10. The third-order valence-electron chi connectivity index (χ3n) is 3.54. The van der Waals surface area contributed by atoms with Crippen molar-refractivity contribution >= 4 is 39.5 Å². The van der Waals surface area contributed by atoms with Crippen LogP contribution in [0.5, 0.6) is 0 Å². The largest absolute Gasteiger partial charge is 0.342 e. The molecule has 4 nitrogen and oxygen atoms in total. The summed E-state index contributed by atoms with van der Waals surface area (Å²) in [5.74, 6) is -0.242. The van der Waals surface area contributed by atoms with Gasteiger partial charge in [-0.1, -0.05) is 52.3 Å². The second-order valence-electron chi connectivity index (χ2n) is 5.38. The summed E-state index contributed by atoms with van der Waals surface area (Å²) in [6, 6.07) is 15.1. The van der Waals surface area contributed by atoms with Gasteiger partial charge in [0.2, 0.25) is 11.8 Å². The van der Waals surface area contributed by atoms with Crippen LogP contribution in [0.4, 0.5) is 5.69 Å². The molecular weight excluding hydrogens is 368 g/mol. The van der Waals surface area contributed by atoms with E-state index in [1.165, 1.54) is 13.0 Å². The first-order valence-corrected chi connectivity index (χ1v) is 8.30. The monoisotopic (exact) mass is 386 g/mol. The average Bonchev–Trinajstić information content (AvgIpc) is 2.55. The van der Waals surface area contributed by atoms with Crippen molar-refractivity contribution in [1.29, 1.82) is 0 Å². The smallest absolute Gasteiger partial charge is 0.248 e. The highest BCUT2D eigenvalue weighted by molar-refractivity contribution is 9.10. The Bertz CT molecular complexity index is 771.